The third-order valence-corrected chi connectivity index (χ3v) is 3.94. The molecule has 2 aromatic carbocycles. The fourth-order valence-corrected chi connectivity index (χ4v) is 2.33. The summed E-state index contributed by atoms with van der Waals surface area (Å²) in [7, 11) is 1.58. The van der Waals surface area contributed by atoms with Gasteiger partial charge in [0.15, 0.2) is 5.96 Å². The Balaban J connectivity index is 0.00000338. The molecule has 4 N–H and O–H groups in total. The molecule has 0 radical (unpaired) electrons. The number of aliphatic imine (C=N–C) groups is 1. The lowest BCUT2D eigenvalue weighted by Gasteiger charge is -2.10. The summed E-state index contributed by atoms with van der Waals surface area (Å²) in [5.41, 5.74) is 8.09. The van der Waals surface area contributed by atoms with Crippen molar-refractivity contribution in [2.75, 3.05) is 24.3 Å². The molecule has 1 amide bonds. The molecule has 140 valence electrons. The van der Waals surface area contributed by atoms with Crippen LogP contribution in [0.5, 0.6) is 5.75 Å². The number of hydrogen-bond acceptors (Lipinski definition) is 3. The molecule has 0 bridgehead atoms. The maximum absolute atomic E-state index is 12.0. The van der Waals surface area contributed by atoms with Crippen molar-refractivity contribution in [3.63, 3.8) is 0 Å². The molecule has 0 aliphatic carbocycles. The third kappa shape index (κ3) is 6.38. The highest BCUT2D eigenvalue weighted by Crippen LogP contribution is 2.23. The Morgan fingerprint density at radius 2 is 1.85 bits per heavy atom. The van der Waals surface area contributed by atoms with Crippen molar-refractivity contribution in [3.05, 3.63) is 53.1 Å². The zero-order valence-corrected chi connectivity index (χ0v) is 17.7. The van der Waals surface area contributed by atoms with Gasteiger partial charge in [-0.05, 0) is 36.8 Å². The molecule has 0 fully saturated rings. The van der Waals surface area contributed by atoms with Crippen molar-refractivity contribution in [3.8, 4) is 5.75 Å². The first-order valence-electron chi connectivity index (χ1n) is 7.76. The molecule has 0 unspecified atom stereocenters. The van der Waals surface area contributed by atoms with Gasteiger partial charge in [0.05, 0.1) is 19.3 Å². The van der Waals surface area contributed by atoms with Crippen LogP contribution >= 0.6 is 35.6 Å². The van der Waals surface area contributed by atoms with E-state index in [9.17, 15) is 4.79 Å². The second-order valence-corrected chi connectivity index (χ2v) is 5.71. The standard InChI is InChI=1S/C18H21ClN4O2.HI/c1-12-13(19)6-5-8-14(12)22-17(24)10-11-21-18(20)23-15-7-3-4-9-16(15)25-2;/h3-9H,10-11H2,1-2H3,(H,22,24)(H3,20,21,23);1H. The summed E-state index contributed by atoms with van der Waals surface area (Å²) in [6.07, 6.45) is 0.209. The summed E-state index contributed by atoms with van der Waals surface area (Å²) in [6, 6.07) is 12.7. The average Bonchev–Trinajstić information content (AvgIpc) is 2.59. The first kappa shape index (κ1) is 22.0. The van der Waals surface area contributed by atoms with Gasteiger partial charge in [-0.1, -0.05) is 29.8 Å². The van der Waals surface area contributed by atoms with Crippen LogP contribution in [0.4, 0.5) is 11.4 Å². The van der Waals surface area contributed by atoms with E-state index >= 15 is 0 Å². The number of hydrogen-bond donors (Lipinski definition) is 3. The summed E-state index contributed by atoms with van der Waals surface area (Å²) in [6.45, 7) is 2.12. The molecule has 2 aromatic rings. The summed E-state index contributed by atoms with van der Waals surface area (Å²) in [5, 5.41) is 6.39. The lowest BCUT2D eigenvalue weighted by molar-refractivity contribution is -0.116. The molecule has 8 heteroatoms. The number of anilines is 2. The van der Waals surface area contributed by atoms with Gasteiger partial charge in [0.2, 0.25) is 5.91 Å². The van der Waals surface area contributed by atoms with Crippen molar-refractivity contribution in [2.24, 2.45) is 10.7 Å². The second-order valence-electron chi connectivity index (χ2n) is 5.30. The minimum Gasteiger partial charge on any atom is -0.495 e. The van der Waals surface area contributed by atoms with Gasteiger partial charge in [-0.3, -0.25) is 9.79 Å². The van der Waals surface area contributed by atoms with E-state index < -0.39 is 0 Å². The molecular formula is C18H22ClIN4O2. The number of nitrogens with two attached hydrogens (primary N) is 1. The minimum atomic E-state index is -0.154. The van der Waals surface area contributed by atoms with Crippen LogP contribution in [0, 0.1) is 6.92 Å². The first-order chi connectivity index (χ1) is 12.0. The Hall–Kier alpha value is -2.00. The summed E-state index contributed by atoms with van der Waals surface area (Å²) in [5.74, 6) is 0.727. The van der Waals surface area contributed by atoms with Crippen LogP contribution in [0.2, 0.25) is 5.02 Å². The first-order valence-corrected chi connectivity index (χ1v) is 8.14. The second kappa shape index (κ2) is 10.9. The largest absolute Gasteiger partial charge is 0.495 e. The molecule has 0 aliphatic rings. The van der Waals surface area contributed by atoms with E-state index in [1.54, 1.807) is 25.3 Å². The molecular weight excluding hydrogens is 467 g/mol. The fourth-order valence-electron chi connectivity index (χ4n) is 2.16. The molecule has 0 saturated carbocycles. The van der Waals surface area contributed by atoms with E-state index in [1.807, 2.05) is 31.2 Å². The van der Waals surface area contributed by atoms with Crippen molar-refractivity contribution in [2.45, 2.75) is 13.3 Å². The van der Waals surface area contributed by atoms with E-state index in [2.05, 4.69) is 15.6 Å². The van der Waals surface area contributed by atoms with Crippen LogP contribution < -0.4 is 21.1 Å². The number of guanidine groups is 1. The molecule has 0 atom stereocenters. The lowest BCUT2D eigenvalue weighted by atomic mass is 10.2. The van der Waals surface area contributed by atoms with Crippen LogP contribution in [0.3, 0.4) is 0 Å². The number of ether oxygens (including phenoxy) is 1. The molecule has 0 spiro atoms. The molecule has 0 aliphatic heterocycles. The van der Waals surface area contributed by atoms with Gasteiger partial charge in [0, 0.05) is 17.1 Å². The monoisotopic (exact) mass is 488 g/mol. The van der Waals surface area contributed by atoms with E-state index in [4.69, 9.17) is 22.1 Å². The van der Waals surface area contributed by atoms with Crippen LogP contribution in [0.25, 0.3) is 0 Å². The number of nitrogens with zero attached hydrogens (tertiary/aromatic N) is 1. The van der Waals surface area contributed by atoms with Crippen LogP contribution in [-0.4, -0.2) is 25.5 Å². The maximum atomic E-state index is 12.0. The predicted molar refractivity (Wildman–Crippen MR) is 118 cm³/mol. The number of nitrogens with one attached hydrogen (secondary N) is 2. The van der Waals surface area contributed by atoms with Crippen LogP contribution in [-0.2, 0) is 4.79 Å². The molecule has 26 heavy (non-hydrogen) atoms. The smallest absolute Gasteiger partial charge is 0.226 e. The Morgan fingerprint density at radius 3 is 2.58 bits per heavy atom. The Bertz CT molecular complexity index is 784. The van der Waals surface area contributed by atoms with Gasteiger partial charge in [-0.15, -0.1) is 24.0 Å². The number of rotatable bonds is 6. The highest BCUT2D eigenvalue weighted by molar-refractivity contribution is 14.0. The zero-order valence-electron chi connectivity index (χ0n) is 14.6. The van der Waals surface area contributed by atoms with Crippen LogP contribution in [0.1, 0.15) is 12.0 Å². The van der Waals surface area contributed by atoms with Gasteiger partial charge in [-0.25, -0.2) is 0 Å². The van der Waals surface area contributed by atoms with Gasteiger partial charge in [-0.2, -0.15) is 0 Å². The number of methoxy groups -OCH3 is 1. The average molecular weight is 489 g/mol. The predicted octanol–water partition coefficient (Wildman–Crippen LogP) is 4.03. The maximum Gasteiger partial charge on any atom is 0.226 e. The summed E-state index contributed by atoms with van der Waals surface area (Å²) < 4.78 is 5.23. The number of amides is 1. The summed E-state index contributed by atoms with van der Waals surface area (Å²) >= 11 is 6.04. The molecule has 0 heterocycles. The zero-order chi connectivity index (χ0) is 18.2. The molecule has 6 nitrogen and oxygen atoms in total. The van der Waals surface area contributed by atoms with Crippen molar-refractivity contribution >= 4 is 58.8 Å². The Kier molecular flexibility index (Phi) is 9.22. The van der Waals surface area contributed by atoms with Gasteiger partial charge in [0.25, 0.3) is 0 Å². The van der Waals surface area contributed by atoms with Crippen LogP contribution in [0.15, 0.2) is 47.5 Å². The van der Waals surface area contributed by atoms with E-state index in [1.165, 1.54) is 0 Å². The third-order valence-electron chi connectivity index (χ3n) is 3.53. The quantitative estimate of drug-likeness (QED) is 0.325. The van der Waals surface area contributed by atoms with Gasteiger partial charge in [0.1, 0.15) is 5.75 Å². The number of benzene rings is 2. The summed E-state index contributed by atoms with van der Waals surface area (Å²) in [4.78, 5) is 16.2. The number of para-hydroxylation sites is 2. The van der Waals surface area contributed by atoms with E-state index in [0.29, 0.717) is 22.1 Å². The highest BCUT2D eigenvalue weighted by Gasteiger charge is 2.07. The molecule has 2 rings (SSSR count). The Labute approximate surface area is 175 Å². The number of carbonyl (C=O) groups excluding carboxylic acids is 1. The van der Waals surface area contributed by atoms with Crippen molar-refractivity contribution in [1.29, 1.82) is 0 Å². The lowest BCUT2D eigenvalue weighted by Crippen LogP contribution is -2.24. The SMILES string of the molecule is COc1ccccc1NC(N)=NCCC(=O)Nc1cccc(Cl)c1C.I. The molecule has 0 aromatic heterocycles. The van der Waals surface area contributed by atoms with Crippen molar-refractivity contribution < 1.29 is 9.53 Å². The van der Waals surface area contributed by atoms with Gasteiger partial charge < -0.3 is 21.1 Å². The van der Waals surface area contributed by atoms with E-state index in [0.717, 1.165) is 5.56 Å². The van der Waals surface area contributed by atoms with Crippen molar-refractivity contribution in [1.82, 2.24) is 0 Å². The Morgan fingerprint density at radius 1 is 1.15 bits per heavy atom. The van der Waals surface area contributed by atoms with E-state index in [-0.39, 0.29) is 48.8 Å². The molecule has 0 saturated heterocycles. The van der Waals surface area contributed by atoms with Gasteiger partial charge >= 0.3 is 0 Å². The topological polar surface area (TPSA) is 88.7 Å². The minimum absolute atomic E-state index is 0. The fraction of sp³-hybridized carbons (Fsp3) is 0.222. The number of halogens is 2. The normalized spacial score (nSPS) is 10.7. The number of carbonyl (C=O) groups is 1. The highest BCUT2D eigenvalue weighted by atomic mass is 127.